The molecule has 1 rings (SSSR count). The van der Waals surface area contributed by atoms with Crippen LogP contribution in [-0.2, 0) is 9.59 Å². The molecule has 1 saturated heterocycles. The molecule has 1 N–H and O–H groups in total. The van der Waals surface area contributed by atoms with Gasteiger partial charge in [-0.2, -0.15) is 0 Å². The number of rotatable bonds is 0. The van der Waals surface area contributed by atoms with Gasteiger partial charge in [-0.1, -0.05) is 0 Å². The molecule has 0 atom stereocenters. The van der Waals surface area contributed by atoms with E-state index in [1.807, 2.05) is 0 Å². The molecular weight excluding hydrogens is 101 g/mol. The Labute approximate surface area is 59.0 Å². The van der Waals surface area contributed by atoms with Crippen LogP contribution in [0.1, 0.15) is 12.8 Å². The first-order valence-corrected chi connectivity index (χ1v) is 2.12. The van der Waals surface area contributed by atoms with Crippen LogP contribution in [0, 0.1) is 0 Å². The van der Waals surface area contributed by atoms with Crippen LogP contribution < -0.4 is 5.32 Å². The molecule has 0 aliphatic carbocycles. The van der Waals surface area contributed by atoms with E-state index in [-0.39, 0.29) is 30.7 Å². The summed E-state index contributed by atoms with van der Waals surface area (Å²) in [6, 6.07) is 0. The van der Waals surface area contributed by atoms with Gasteiger partial charge in [0, 0.05) is 12.8 Å². The van der Waals surface area contributed by atoms with Crippen molar-refractivity contribution in [2.75, 3.05) is 0 Å². The van der Waals surface area contributed by atoms with Gasteiger partial charge in [-0.05, 0) is 0 Å². The van der Waals surface area contributed by atoms with E-state index in [9.17, 15) is 9.59 Å². The fraction of sp³-hybridized carbons (Fsp3) is 0.500. The monoisotopic (exact) mass is 107 g/mol. The summed E-state index contributed by atoms with van der Waals surface area (Å²) in [4.78, 5) is 20.2. The molecule has 0 aromatic rings. The third-order valence-corrected chi connectivity index (χ3v) is 0.858. The van der Waals surface area contributed by atoms with E-state index >= 15 is 0 Å². The van der Waals surface area contributed by atoms with Gasteiger partial charge in [-0.15, -0.1) is 0 Å². The fourth-order valence-corrected chi connectivity index (χ4v) is 0.508. The molecule has 8 heavy (non-hydrogen) atoms. The summed E-state index contributed by atoms with van der Waals surface area (Å²) >= 11 is 0. The maximum atomic E-state index is 10.1. The van der Waals surface area contributed by atoms with E-state index in [2.05, 4.69) is 5.32 Å². The van der Waals surface area contributed by atoms with Gasteiger partial charge < -0.3 is 0 Å². The Bertz CT molecular complexity index is 109. The van der Waals surface area contributed by atoms with E-state index in [0.717, 1.165) is 0 Å². The molecule has 4 heteroatoms. The van der Waals surface area contributed by atoms with Crippen molar-refractivity contribution in [2.45, 2.75) is 12.8 Å². The topological polar surface area (TPSA) is 46.2 Å². The maximum absolute atomic E-state index is 10.1. The molecule has 1 heterocycles. The summed E-state index contributed by atoms with van der Waals surface area (Å²) in [5.74, 6) is -0.296. The van der Waals surface area contributed by atoms with Gasteiger partial charge in [0.05, 0.1) is 0 Å². The van der Waals surface area contributed by atoms with Gasteiger partial charge in [-0.25, -0.2) is 0 Å². The molecular formula is C4H6LiNO2. The molecule has 40 valence electrons. The Kier molecular flexibility index (Phi) is 2.81. The zero-order valence-electron chi connectivity index (χ0n) is 3.73. The molecule has 0 aromatic heterocycles. The van der Waals surface area contributed by atoms with Crippen molar-refractivity contribution in [2.24, 2.45) is 0 Å². The van der Waals surface area contributed by atoms with Crippen LogP contribution in [0.25, 0.3) is 0 Å². The number of nitrogens with one attached hydrogen (secondary N) is 1. The molecule has 0 spiro atoms. The van der Waals surface area contributed by atoms with Crippen molar-refractivity contribution in [1.29, 1.82) is 0 Å². The average Bonchev–Trinajstić information content (AvgIpc) is 1.87. The van der Waals surface area contributed by atoms with Gasteiger partial charge in [0.1, 0.15) is 0 Å². The molecule has 0 radical (unpaired) electrons. The van der Waals surface area contributed by atoms with Crippen molar-refractivity contribution in [3.05, 3.63) is 0 Å². The molecule has 1 fully saturated rings. The summed E-state index contributed by atoms with van der Waals surface area (Å²) < 4.78 is 0. The number of imide groups is 1. The van der Waals surface area contributed by atoms with E-state index in [0.29, 0.717) is 12.8 Å². The van der Waals surface area contributed by atoms with Crippen molar-refractivity contribution in [3.8, 4) is 0 Å². The van der Waals surface area contributed by atoms with Gasteiger partial charge in [0.15, 0.2) is 0 Å². The summed E-state index contributed by atoms with van der Waals surface area (Å²) in [6.45, 7) is 0. The van der Waals surface area contributed by atoms with E-state index in [4.69, 9.17) is 0 Å². The zero-order valence-corrected chi connectivity index (χ0v) is 3.73. The molecule has 0 aromatic carbocycles. The van der Waals surface area contributed by atoms with E-state index < -0.39 is 0 Å². The number of amides is 2. The number of carbonyl (C=O) groups excluding carboxylic acids is 2. The van der Waals surface area contributed by atoms with Gasteiger partial charge in [0.2, 0.25) is 11.8 Å². The van der Waals surface area contributed by atoms with Gasteiger partial charge in [0.25, 0.3) is 0 Å². The summed E-state index contributed by atoms with van der Waals surface area (Å²) in [5.41, 5.74) is 0. The Morgan fingerprint density at radius 3 is 1.62 bits per heavy atom. The first-order valence-electron chi connectivity index (χ1n) is 2.12. The van der Waals surface area contributed by atoms with Crippen LogP contribution in [0.5, 0.6) is 0 Å². The predicted molar refractivity (Wildman–Crippen MR) is 29.5 cm³/mol. The minimum absolute atomic E-state index is 0. The minimum atomic E-state index is -0.148. The van der Waals surface area contributed by atoms with Crippen LogP contribution in [-0.4, -0.2) is 30.7 Å². The standard InChI is InChI=1S/C4H5NO2.Li.H/c6-3-1-2-4(7)5-3;;/h1-2H2,(H,5,6,7);;. The Balaban J connectivity index is 0.000000490. The molecule has 0 saturated carbocycles. The summed E-state index contributed by atoms with van der Waals surface area (Å²) in [5, 5.41) is 2.14. The number of hydrogen-bond acceptors (Lipinski definition) is 2. The van der Waals surface area contributed by atoms with Crippen molar-refractivity contribution in [1.82, 2.24) is 5.32 Å². The van der Waals surface area contributed by atoms with Crippen LogP contribution in [0.15, 0.2) is 0 Å². The van der Waals surface area contributed by atoms with Crippen LogP contribution in [0.4, 0.5) is 0 Å². The predicted octanol–water partition coefficient (Wildman–Crippen LogP) is -1.23. The van der Waals surface area contributed by atoms with Gasteiger partial charge in [-0.3, -0.25) is 14.9 Å². The van der Waals surface area contributed by atoms with Gasteiger partial charge >= 0.3 is 18.9 Å². The van der Waals surface area contributed by atoms with Crippen molar-refractivity contribution in [3.63, 3.8) is 0 Å². The SMILES string of the molecule is O=C1CCC(=O)N1.[LiH]. The Morgan fingerprint density at radius 2 is 1.50 bits per heavy atom. The number of carbonyl (C=O) groups is 2. The molecule has 1 aliphatic rings. The quantitative estimate of drug-likeness (QED) is 0.311. The van der Waals surface area contributed by atoms with Crippen molar-refractivity contribution >= 4 is 30.7 Å². The first kappa shape index (κ1) is 7.74. The zero-order chi connectivity index (χ0) is 5.28. The number of hydrogen-bond donors (Lipinski definition) is 1. The molecule has 2 amide bonds. The van der Waals surface area contributed by atoms with Crippen LogP contribution in [0.2, 0.25) is 0 Å². The average molecular weight is 107 g/mol. The first-order chi connectivity index (χ1) is 3.29. The third kappa shape index (κ3) is 1.69. The normalized spacial score (nSPS) is 17.5. The second-order valence-electron chi connectivity index (χ2n) is 1.47. The third-order valence-electron chi connectivity index (χ3n) is 0.858. The van der Waals surface area contributed by atoms with E-state index in [1.165, 1.54) is 0 Å². The molecule has 0 bridgehead atoms. The Hall–Kier alpha value is -0.263. The van der Waals surface area contributed by atoms with Crippen LogP contribution in [0.3, 0.4) is 0 Å². The Morgan fingerprint density at radius 1 is 1.12 bits per heavy atom. The summed E-state index contributed by atoms with van der Waals surface area (Å²) in [6.07, 6.45) is 0.748. The fourth-order valence-electron chi connectivity index (χ4n) is 0.508. The second kappa shape index (κ2) is 2.91. The summed E-state index contributed by atoms with van der Waals surface area (Å²) in [7, 11) is 0. The molecule has 0 unspecified atom stereocenters. The van der Waals surface area contributed by atoms with Crippen LogP contribution >= 0.6 is 0 Å². The second-order valence-corrected chi connectivity index (χ2v) is 1.47. The van der Waals surface area contributed by atoms with E-state index in [1.54, 1.807) is 0 Å². The molecule has 1 aliphatic heterocycles. The van der Waals surface area contributed by atoms with Crippen molar-refractivity contribution < 1.29 is 9.59 Å². The molecule has 3 nitrogen and oxygen atoms in total.